The number of amides is 2. The number of carbonyl (C=O) groups is 2. The van der Waals surface area contributed by atoms with Crippen LogP contribution in [0.4, 0.5) is 24.5 Å². The Morgan fingerprint density at radius 1 is 1.21 bits per heavy atom. The van der Waals surface area contributed by atoms with Gasteiger partial charge in [-0.15, -0.1) is 0 Å². The summed E-state index contributed by atoms with van der Waals surface area (Å²) in [6, 6.07) is 11.5. The van der Waals surface area contributed by atoms with Gasteiger partial charge in [0.15, 0.2) is 5.17 Å². The average molecular weight is 494 g/mol. The van der Waals surface area contributed by atoms with Gasteiger partial charge in [0.1, 0.15) is 11.0 Å². The quantitative estimate of drug-likeness (QED) is 0.500. The van der Waals surface area contributed by atoms with Crippen molar-refractivity contribution in [3.63, 3.8) is 0 Å². The van der Waals surface area contributed by atoms with Crippen LogP contribution in [0.25, 0.3) is 0 Å². The second-order valence-corrected chi connectivity index (χ2v) is 8.77. The summed E-state index contributed by atoms with van der Waals surface area (Å²) in [7, 11) is 0. The molecule has 6 nitrogen and oxygen atoms in total. The molecule has 34 heavy (non-hydrogen) atoms. The molecular weight excluding hydrogens is 467 g/mol. The Balaban J connectivity index is 1.82. The van der Waals surface area contributed by atoms with Gasteiger partial charge in [-0.2, -0.15) is 13.2 Å². The van der Waals surface area contributed by atoms with Crippen LogP contribution in [0.2, 0.25) is 0 Å². The maximum atomic E-state index is 13.1. The minimum absolute atomic E-state index is 0.0289. The molecule has 3 rings (SSSR count). The van der Waals surface area contributed by atoms with Gasteiger partial charge in [0, 0.05) is 18.7 Å². The molecule has 1 atom stereocenters. The molecule has 10 heteroatoms. The van der Waals surface area contributed by atoms with Crippen LogP contribution in [0.15, 0.2) is 53.5 Å². The van der Waals surface area contributed by atoms with Gasteiger partial charge in [-0.25, -0.2) is 4.99 Å². The first-order valence-electron chi connectivity index (χ1n) is 11.0. The number of amidine groups is 1. The number of aliphatic imine (C=N–C) groups is 1. The molecule has 182 valence electrons. The molecule has 1 heterocycles. The number of carbonyl (C=O) groups excluding carboxylic acids is 2. The minimum Gasteiger partial charge on any atom is -0.494 e. The number of thioether (sulfide) groups is 1. The van der Waals surface area contributed by atoms with Gasteiger partial charge in [0.05, 0.1) is 17.9 Å². The summed E-state index contributed by atoms with van der Waals surface area (Å²) in [6.07, 6.45) is -3.00. The lowest BCUT2D eigenvalue weighted by Crippen LogP contribution is -2.45. The Kier molecular flexibility index (Phi) is 8.60. The molecule has 2 aromatic carbocycles. The SMILES string of the molecule is CCCCN1C(=O)CC(C(=O)Nc2ccc(OCC)cc2)SC1=Nc1cccc(C(F)(F)F)c1. The van der Waals surface area contributed by atoms with E-state index in [0.29, 0.717) is 31.0 Å². The molecule has 1 N–H and O–H groups in total. The summed E-state index contributed by atoms with van der Waals surface area (Å²) >= 11 is 1.08. The van der Waals surface area contributed by atoms with E-state index in [-0.39, 0.29) is 29.1 Å². The first-order valence-corrected chi connectivity index (χ1v) is 11.9. The Bertz CT molecular complexity index is 1040. The van der Waals surface area contributed by atoms with Crippen LogP contribution >= 0.6 is 11.8 Å². The number of alkyl halides is 3. The van der Waals surface area contributed by atoms with E-state index in [2.05, 4.69) is 10.3 Å². The number of benzene rings is 2. The van der Waals surface area contributed by atoms with Gasteiger partial charge in [0.2, 0.25) is 11.8 Å². The highest BCUT2D eigenvalue weighted by Gasteiger charge is 2.36. The lowest BCUT2D eigenvalue weighted by Gasteiger charge is -2.31. The zero-order valence-corrected chi connectivity index (χ0v) is 19.7. The van der Waals surface area contributed by atoms with Crippen molar-refractivity contribution in [2.75, 3.05) is 18.5 Å². The van der Waals surface area contributed by atoms with Crippen molar-refractivity contribution in [1.29, 1.82) is 0 Å². The number of hydrogen-bond donors (Lipinski definition) is 1. The standard InChI is InChI=1S/C24H26F3N3O3S/c1-3-5-13-30-21(31)15-20(22(32)28-17-9-11-19(12-10-17)33-4-2)34-23(30)29-18-8-6-7-16(14-18)24(25,26)27/h6-12,14,20H,3-5,13,15H2,1-2H3,(H,28,32). The molecule has 0 aromatic heterocycles. The van der Waals surface area contributed by atoms with Gasteiger partial charge < -0.3 is 10.1 Å². The van der Waals surface area contributed by atoms with Crippen molar-refractivity contribution in [2.45, 2.75) is 44.5 Å². The van der Waals surface area contributed by atoms with Crippen LogP contribution in [-0.2, 0) is 15.8 Å². The van der Waals surface area contributed by atoms with Gasteiger partial charge in [-0.05, 0) is 55.8 Å². The molecule has 1 saturated heterocycles. The molecular formula is C24H26F3N3O3S. The number of hydrogen-bond acceptors (Lipinski definition) is 5. The largest absolute Gasteiger partial charge is 0.494 e. The van der Waals surface area contributed by atoms with Gasteiger partial charge in [-0.1, -0.05) is 31.2 Å². The Labute approximate surface area is 200 Å². The van der Waals surface area contributed by atoms with Crippen molar-refractivity contribution in [3.05, 3.63) is 54.1 Å². The predicted molar refractivity (Wildman–Crippen MR) is 127 cm³/mol. The summed E-state index contributed by atoms with van der Waals surface area (Å²) in [5, 5.41) is 2.24. The Morgan fingerprint density at radius 3 is 2.59 bits per heavy atom. The molecule has 0 spiro atoms. The van der Waals surface area contributed by atoms with Crippen LogP contribution in [-0.4, -0.2) is 40.3 Å². The molecule has 1 unspecified atom stereocenters. The molecule has 0 saturated carbocycles. The summed E-state index contributed by atoms with van der Waals surface area (Å²) in [4.78, 5) is 31.5. The Hall–Kier alpha value is -3.01. The topological polar surface area (TPSA) is 71.0 Å². The smallest absolute Gasteiger partial charge is 0.416 e. The van der Waals surface area contributed by atoms with E-state index in [4.69, 9.17) is 4.74 Å². The highest BCUT2D eigenvalue weighted by molar-refractivity contribution is 8.15. The first-order chi connectivity index (χ1) is 16.2. The minimum atomic E-state index is -4.51. The molecule has 1 aliphatic heterocycles. The lowest BCUT2D eigenvalue weighted by molar-refractivity contribution is -0.137. The van der Waals surface area contributed by atoms with Crippen molar-refractivity contribution >= 4 is 40.1 Å². The van der Waals surface area contributed by atoms with E-state index in [1.54, 1.807) is 24.3 Å². The number of ether oxygens (including phenoxy) is 1. The molecule has 1 aliphatic rings. The van der Waals surface area contributed by atoms with Crippen molar-refractivity contribution in [2.24, 2.45) is 4.99 Å². The highest BCUT2D eigenvalue weighted by atomic mass is 32.2. The van der Waals surface area contributed by atoms with Crippen LogP contribution in [0.3, 0.4) is 0 Å². The van der Waals surface area contributed by atoms with Gasteiger partial charge >= 0.3 is 6.18 Å². The number of unbranched alkanes of at least 4 members (excludes halogenated alkanes) is 1. The summed E-state index contributed by atoms with van der Waals surface area (Å²) in [6.45, 7) is 4.75. The average Bonchev–Trinajstić information content (AvgIpc) is 2.79. The normalized spacial score (nSPS) is 17.7. The Morgan fingerprint density at radius 2 is 1.94 bits per heavy atom. The van der Waals surface area contributed by atoms with E-state index >= 15 is 0 Å². The number of rotatable bonds is 8. The number of nitrogens with zero attached hydrogens (tertiary/aromatic N) is 2. The van der Waals surface area contributed by atoms with Crippen molar-refractivity contribution in [1.82, 2.24) is 4.90 Å². The fourth-order valence-corrected chi connectivity index (χ4v) is 4.39. The number of halogens is 3. The van der Waals surface area contributed by atoms with E-state index in [1.807, 2.05) is 13.8 Å². The van der Waals surface area contributed by atoms with E-state index in [0.717, 1.165) is 30.3 Å². The van der Waals surface area contributed by atoms with E-state index < -0.39 is 17.0 Å². The third-order valence-electron chi connectivity index (χ3n) is 5.00. The maximum Gasteiger partial charge on any atom is 0.416 e. The van der Waals surface area contributed by atoms with Crippen LogP contribution < -0.4 is 10.1 Å². The van der Waals surface area contributed by atoms with E-state index in [9.17, 15) is 22.8 Å². The molecule has 1 fully saturated rings. The monoisotopic (exact) mass is 493 g/mol. The van der Waals surface area contributed by atoms with Gasteiger partial charge in [0.25, 0.3) is 0 Å². The van der Waals surface area contributed by atoms with Gasteiger partial charge in [-0.3, -0.25) is 14.5 Å². The molecule has 0 aliphatic carbocycles. The third kappa shape index (κ3) is 6.75. The maximum absolute atomic E-state index is 13.1. The van der Waals surface area contributed by atoms with Crippen LogP contribution in [0.1, 0.15) is 38.7 Å². The second-order valence-electron chi connectivity index (χ2n) is 7.60. The first kappa shape index (κ1) is 25.6. The predicted octanol–water partition coefficient (Wildman–Crippen LogP) is 5.86. The molecule has 2 aromatic rings. The molecule has 0 radical (unpaired) electrons. The summed E-state index contributed by atoms with van der Waals surface area (Å²) in [5.74, 6) is 0.00366. The zero-order chi connectivity index (χ0) is 24.7. The summed E-state index contributed by atoms with van der Waals surface area (Å²) < 4.78 is 44.7. The van der Waals surface area contributed by atoms with Crippen molar-refractivity contribution in [3.8, 4) is 5.75 Å². The fraction of sp³-hybridized carbons (Fsp3) is 0.375. The lowest BCUT2D eigenvalue weighted by atomic mass is 10.2. The van der Waals surface area contributed by atoms with Crippen LogP contribution in [0.5, 0.6) is 5.75 Å². The van der Waals surface area contributed by atoms with Crippen LogP contribution in [0, 0.1) is 0 Å². The number of nitrogens with one attached hydrogen (secondary N) is 1. The zero-order valence-electron chi connectivity index (χ0n) is 18.9. The second kappa shape index (κ2) is 11.4. The molecule has 2 amide bonds. The van der Waals surface area contributed by atoms with E-state index in [1.165, 1.54) is 17.0 Å². The summed E-state index contributed by atoms with van der Waals surface area (Å²) in [5.41, 5.74) is -0.211. The highest BCUT2D eigenvalue weighted by Crippen LogP contribution is 2.34. The number of anilines is 1. The van der Waals surface area contributed by atoms with Crippen molar-refractivity contribution < 1.29 is 27.5 Å². The third-order valence-corrected chi connectivity index (χ3v) is 6.19. The molecule has 0 bridgehead atoms. The fourth-order valence-electron chi connectivity index (χ4n) is 3.26.